The Balaban J connectivity index is 1.82. The predicted octanol–water partition coefficient (Wildman–Crippen LogP) is 3.77. The van der Waals surface area contributed by atoms with E-state index >= 15 is 0 Å². The van der Waals surface area contributed by atoms with E-state index in [2.05, 4.69) is 18.2 Å². The van der Waals surface area contributed by atoms with E-state index in [0.29, 0.717) is 30.3 Å². The molecule has 2 atom stereocenters. The summed E-state index contributed by atoms with van der Waals surface area (Å²) in [5.74, 6) is 1.11. The molecule has 2 aliphatic carbocycles. The smallest absolute Gasteiger partial charge is 0.133 e. The Morgan fingerprint density at radius 1 is 1.17 bits per heavy atom. The number of hydrogen-bond donors (Lipinski definition) is 2. The lowest BCUT2D eigenvalue weighted by atomic mass is 9.55. The molecule has 0 bridgehead atoms. The summed E-state index contributed by atoms with van der Waals surface area (Å²) in [5.41, 5.74) is 10.6. The number of ketones is 1. The number of fused-ring (bicyclic) bond motifs is 3. The van der Waals surface area contributed by atoms with Crippen LogP contribution in [0.25, 0.3) is 0 Å². The average molecular weight is 321 g/mol. The quantitative estimate of drug-likeness (QED) is 0.828. The fourth-order valence-electron chi connectivity index (χ4n) is 4.87. The zero-order chi connectivity index (χ0) is 16.7. The number of nitrogens with two attached hydrogens (primary N) is 1. The van der Waals surface area contributed by atoms with Gasteiger partial charge in [-0.1, -0.05) is 18.2 Å². The zero-order valence-corrected chi connectivity index (χ0v) is 13.8. The van der Waals surface area contributed by atoms with Crippen molar-refractivity contribution in [3.63, 3.8) is 0 Å². The highest BCUT2D eigenvalue weighted by Gasteiger charge is 2.47. The number of phenolic OH excluding ortho intramolecular Hbond substituents is 1. The van der Waals surface area contributed by atoms with Crippen molar-refractivity contribution in [2.45, 2.75) is 43.9 Å². The Hall–Kier alpha value is -2.29. The second-order valence-electron chi connectivity index (χ2n) is 7.40. The SMILES string of the molecule is Nc1cccc(C[C@@]23CCC(=O)C[C@@H]2CCc2cc(O)ccc23)c1. The molecule has 0 unspecified atom stereocenters. The summed E-state index contributed by atoms with van der Waals surface area (Å²) < 4.78 is 0. The molecule has 0 aromatic heterocycles. The number of aromatic hydroxyl groups is 1. The molecule has 0 amide bonds. The molecule has 0 aliphatic heterocycles. The third-order valence-corrected chi connectivity index (χ3v) is 5.96. The molecule has 0 saturated heterocycles. The summed E-state index contributed by atoms with van der Waals surface area (Å²) in [6.07, 6.45) is 5.10. The minimum atomic E-state index is -0.0109. The van der Waals surface area contributed by atoms with Crippen molar-refractivity contribution in [3.8, 4) is 5.75 Å². The largest absolute Gasteiger partial charge is 0.508 e. The van der Waals surface area contributed by atoms with Gasteiger partial charge >= 0.3 is 0 Å². The Bertz CT molecular complexity index is 798. The first-order valence-electron chi connectivity index (χ1n) is 8.75. The van der Waals surface area contributed by atoms with Gasteiger partial charge in [-0.05, 0) is 72.6 Å². The molecule has 1 fully saturated rings. The van der Waals surface area contributed by atoms with Gasteiger partial charge < -0.3 is 10.8 Å². The Kier molecular flexibility index (Phi) is 3.60. The van der Waals surface area contributed by atoms with Gasteiger partial charge in [-0.3, -0.25) is 4.79 Å². The summed E-state index contributed by atoms with van der Waals surface area (Å²) in [5, 5.41) is 9.87. The fraction of sp³-hybridized carbons (Fsp3) is 0.381. The molecule has 0 spiro atoms. The van der Waals surface area contributed by atoms with Crippen LogP contribution in [-0.4, -0.2) is 10.9 Å². The Morgan fingerprint density at radius 3 is 2.88 bits per heavy atom. The van der Waals surface area contributed by atoms with Crippen LogP contribution in [0.3, 0.4) is 0 Å². The molecule has 0 heterocycles. The molecule has 124 valence electrons. The molecular formula is C21H23NO2. The van der Waals surface area contributed by atoms with Crippen LogP contribution in [0.2, 0.25) is 0 Å². The maximum Gasteiger partial charge on any atom is 0.133 e. The van der Waals surface area contributed by atoms with E-state index in [-0.39, 0.29) is 5.41 Å². The second kappa shape index (κ2) is 5.66. The highest BCUT2D eigenvalue weighted by molar-refractivity contribution is 5.80. The first kappa shape index (κ1) is 15.3. The molecule has 4 rings (SSSR count). The van der Waals surface area contributed by atoms with Crippen LogP contribution in [0, 0.1) is 5.92 Å². The third-order valence-electron chi connectivity index (χ3n) is 5.96. The lowest BCUT2D eigenvalue weighted by Gasteiger charge is -2.48. The molecule has 2 aliphatic rings. The molecular weight excluding hydrogens is 298 g/mol. The number of rotatable bonds is 2. The number of carbonyl (C=O) groups excluding carboxylic acids is 1. The van der Waals surface area contributed by atoms with Crippen LogP contribution >= 0.6 is 0 Å². The van der Waals surface area contributed by atoms with Crippen molar-refractivity contribution in [1.82, 2.24) is 0 Å². The number of Topliss-reactive ketones (excluding diaryl/α,β-unsaturated/α-hetero) is 1. The van der Waals surface area contributed by atoms with E-state index in [1.165, 1.54) is 16.7 Å². The molecule has 2 aromatic carbocycles. The van der Waals surface area contributed by atoms with Crippen LogP contribution in [-0.2, 0) is 23.1 Å². The van der Waals surface area contributed by atoms with E-state index in [0.717, 1.165) is 31.4 Å². The molecule has 1 saturated carbocycles. The summed E-state index contributed by atoms with van der Waals surface area (Å²) >= 11 is 0. The van der Waals surface area contributed by atoms with Crippen molar-refractivity contribution in [2.24, 2.45) is 5.92 Å². The lowest BCUT2D eigenvalue weighted by Crippen LogP contribution is -2.45. The maximum absolute atomic E-state index is 12.1. The standard InChI is InChI=1S/C21H23NO2/c22-17-3-1-2-14(10-17)13-21-9-8-19(24)12-16(21)5-4-15-11-18(23)6-7-20(15)21/h1-3,6-7,10-11,16,23H,4-5,8-9,12-13,22H2/t16-,21-/m0/s1. The van der Waals surface area contributed by atoms with Crippen molar-refractivity contribution >= 4 is 11.5 Å². The van der Waals surface area contributed by atoms with Gasteiger partial charge in [-0.15, -0.1) is 0 Å². The Labute approximate surface area is 142 Å². The summed E-state index contributed by atoms with van der Waals surface area (Å²) in [6, 6.07) is 13.9. The molecule has 24 heavy (non-hydrogen) atoms. The molecule has 3 nitrogen and oxygen atoms in total. The van der Waals surface area contributed by atoms with E-state index in [9.17, 15) is 9.90 Å². The first-order valence-corrected chi connectivity index (χ1v) is 8.75. The van der Waals surface area contributed by atoms with E-state index in [1.54, 1.807) is 6.07 Å². The molecule has 3 N–H and O–H groups in total. The topological polar surface area (TPSA) is 63.3 Å². The zero-order valence-electron chi connectivity index (χ0n) is 13.8. The molecule has 0 radical (unpaired) electrons. The van der Waals surface area contributed by atoms with Gasteiger partial charge in [0.15, 0.2) is 0 Å². The molecule has 2 aromatic rings. The first-order chi connectivity index (χ1) is 11.6. The molecule has 3 heteroatoms. The van der Waals surface area contributed by atoms with Gasteiger partial charge in [0.25, 0.3) is 0 Å². The number of phenols is 1. The van der Waals surface area contributed by atoms with Gasteiger partial charge in [-0.25, -0.2) is 0 Å². The van der Waals surface area contributed by atoms with Gasteiger partial charge in [0, 0.05) is 23.9 Å². The van der Waals surface area contributed by atoms with E-state index < -0.39 is 0 Å². The number of nitrogen functional groups attached to an aromatic ring is 1. The van der Waals surface area contributed by atoms with Crippen LogP contribution in [0.15, 0.2) is 42.5 Å². The van der Waals surface area contributed by atoms with E-state index in [4.69, 9.17) is 5.73 Å². The van der Waals surface area contributed by atoms with Crippen molar-refractivity contribution < 1.29 is 9.90 Å². The minimum absolute atomic E-state index is 0.0109. The fourth-order valence-corrected chi connectivity index (χ4v) is 4.87. The van der Waals surface area contributed by atoms with Gasteiger partial charge in [0.05, 0.1) is 0 Å². The number of benzene rings is 2. The van der Waals surface area contributed by atoms with Crippen LogP contribution in [0.5, 0.6) is 5.75 Å². The number of carbonyl (C=O) groups is 1. The minimum Gasteiger partial charge on any atom is -0.508 e. The predicted molar refractivity (Wildman–Crippen MR) is 95.0 cm³/mol. The van der Waals surface area contributed by atoms with Crippen LogP contribution in [0.1, 0.15) is 42.4 Å². The van der Waals surface area contributed by atoms with Crippen LogP contribution in [0.4, 0.5) is 5.69 Å². The average Bonchev–Trinajstić information content (AvgIpc) is 2.55. The highest BCUT2D eigenvalue weighted by atomic mass is 16.3. The number of aryl methyl sites for hydroxylation is 1. The van der Waals surface area contributed by atoms with Crippen molar-refractivity contribution in [1.29, 1.82) is 0 Å². The summed E-state index contributed by atoms with van der Waals surface area (Å²) in [4.78, 5) is 12.1. The third kappa shape index (κ3) is 2.48. The number of hydrogen-bond acceptors (Lipinski definition) is 3. The number of anilines is 1. The van der Waals surface area contributed by atoms with Gasteiger partial charge in [0.2, 0.25) is 0 Å². The van der Waals surface area contributed by atoms with Gasteiger partial charge in [0.1, 0.15) is 11.5 Å². The van der Waals surface area contributed by atoms with Crippen molar-refractivity contribution in [3.05, 3.63) is 59.2 Å². The highest BCUT2D eigenvalue weighted by Crippen LogP contribution is 2.51. The summed E-state index contributed by atoms with van der Waals surface area (Å²) in [6.45, 7) is 0. The Morgan fingerprint density at radius 2 is 2.04 bits per heavy atom. The summed E-state index contributed by atoms with van der Waals surface area (Å²) in [7, 11) is 0. The van der Waals surface area contributed by atoms with Gasteiger partial charge in [-0.2, -0.15) is 0 Å². The normalized spacial score (nSPS) is 25.8. The maximum atomic E-state index is 12.1. The van der Waals surface area contributed by atoms with E-state index in [1.807, 2.05) is 18.2 Å². The monoisotopic (exact) mass is 321 g/mol. The van der Waals surface area contributed by atoms with Crippen molar-refractivity contribution in [2.75, 3.05) is 5.73 Å². The van der Waals surface area contributed by atoms with Crippen LogP contribution < -0.4 is 5.73 Å². The lowest BCUT2D eigenvalue weighted by molar-refractivity contribution is -0.123. The second-order valence-corrected chi connectivity index (χ2v) is 7.40.